The SMILES string of the molecule is COC(=O)CC[C@H](C)[C@H]1CC[C@H]2[C@H]3CC[C@@H]4CC(=O)CC[C@]4(C)[C@H]3CC[C@]12C. The molecule has 0 amide bonds. The Bertz CT molecular complexity index is 627. The zero-order valence-electron chi connectivity index (χ0n) is 18.5. The Labute approximate surface area is 171 Å². The van der Waals surface area contributed by atoms with E-state index in [2.05, 4.69) is 20.8 Å². The second kappa shape index (κ2) is 7.43. The molecule has 0 bridgehead atoms. The molecule has 0 spiro atoms. The van der Waals surface area contributed by atoms with Gasteiger partial charge in [-0.25, -0.2) is 0 Å². The second-order valence-electron chi connectivity index (χ2n) is 11.2. The topological polar surface area (TPSA) is 43.4 Å². The van der Waals surface area contributed by atoms with Crippen LogP contribution in [0.4, 0.5) is 0 Å². The Morgan fingerprint density at radius 1 is 1.07 bits per heavy atom. The number of ketones is 1. The quantitative estimate of drug-likeness (QED) is 0.571. The summed E-state index contributed by atoms with van der Waals surface area (Å²) < 4.78 is 4.87. The second-order valence-corrected chi connectivity index (χ2v) is 11.2. The molecule has 4 saturated carbocycles. The van der Waals surface area contributed by atoms with Gasteiger partial charge in [0.1, 0.15) is 5.78 Å². The fraction of sp³-hybridized carbons (Fsp3) is 0.920. The lowest BCUT2D eigenvalue weighted by Crippen LogP contribution is -2.53. The lowest BCUT2D eigenvalue weighted by molar-refractivity contribution is -0.141. The first-order valence-electron chi connectivity index (χ1n) is 11.9. The zero-order chi connectivity index (χ0) is 20.1. The van der Waals surface area contributed by atoms with Crippen LogP contribution in [0, 0.1) is 46.3 Å². The third-order valence-corrected chi connectivity index (χ3v) is 10.3. The van der Waals surface area contributed by atoms with Crippen molar-refractivity contribution in [2.24, 2.45) is 46.3 Å². The largest absolute Gasteiger partial charge is 0.469 e. The molecule has 3 heteroatoms. The van der Waals surface area contributed by atoms with Crippen molar-refractivity contribution in [2.45, 2.75) is 91.4 Å². The molecular weight excluding hydrogens is 348 g/mol. The van der Waals surface area contributed by atoms with Gasteiger partial charge in [-0.2, -0.15) is 0 Å². The van der Waals surface area contributed by atoms with Gasteiger partial charge in [-0.1, -0.05) is 20.8 Å². The van der Waals surface area contributed by atoms with Crippen molar-refractivity contribution in [3.8, 4) is 0 Å². The highest BCUT2D eigenvalue weighted by atomic mass is 16.5. The van der Waals surface area contributed by atoms with E-state index >= 15 is 0 Å². The van der Waals surface area contributed by atoms with Gasteiger partial charge >= 0.3 is 5.97 Å². The van der Waals surface area contributed by atoms with Crippen LogP contribution in [0.3, 0.4) is 0 Å². The Hall–Kier alpha value is -0.860. The predicted molar refractivity (Wildman–Crippen MR) is 111 cm³/mol. The van der Waals surface area contributed by atoms with Crippen LogP contribution in [0.25, 0.3) is 0 Å². The van der Waals surface area contributed by atoms with Crippen LogP contribution in [0.2, 0.25) is 0 Å². The highest BCUT2D eigenvalue weighted by molar-refractivity contribution is 5.79. The van der Waals surface area contributed by atoms with Crippen molar-refractivity contribution in [1.82, 2.24) is 0 Å². The Morgan fingerprint density at radius 2 is 1.82 bits per heavy atom. The summed E-state index contributed by atoms with van der Waals surface area (Å²) in [7, 11) is 1.50. The lowest BCUT2D eigenvalue weighted by atomic mass is 9.44. The summed E-state index contributed by atoms with van der Waals surface area (Å²) >= 11 is 0. The molecule has 0 unspecified atom stereocenters. The molecule has 4 rings (SSSR count). The van der Waals surface area contributed by atoms with E-state index in [0.29, 0.717) is 34.9 Å². The smallest absolute Gasteiger partial charge is 0.305 e. The molecule has 0 radical (unpaired) electrons. The molecule has 158 valence electrons. The van der Waals surface area contributed by atoms with Crippen molar-refractivity contribution >= 4 is 11.8 Å². The molecule has 0 heterocycles. The number of ether oxygens (including phenoxy) is 1. The average molecular weight is 389 g/mol. The normalized spacial score (nSPS) is 46.3. The Kier molecular flexibility index (Phi) is 5.42. The number of fused-ring (bicyclic) bond motifs is 5. The summed E-state index contributed by atoms with van der Waals surface area (Å²) in [6.45, 7) is 7.49. The van der Waals surface area contributed by atoms with Crippen molar-refractivity contribution < 1.29 is 14.3 Å². The van der Waals surface area contributed by atoms with Crippen LogP contribution in [0.15, 0.2) is 0 Å². The summed E-state index contributed by atoms with van der Waals surface area (Å²) in [5.74, 6) is 5.01. The van der Waals surface area contributed by atoms with Crippen LogP contribution >= 0.6 is 0 Å². The summed E-state index contributed by atoms with van der Waals surface area (Å²) in [5.41, 5.74) is 0.858. The minimum absolute atomic E-state index is 0.0617. The monoisotopic (exact) mass is 388 g/mol. The number of Topliss-reactive ketones (excluding diaryl/α,β-unsaturated/α-hetero) is 1. The van der Waals surface area contributed by atoms with Gasteiger partial charge in [0, 0.05) is 19.3 Å². The fourth-order valence-electron chi connectivity index (χ4n) is 8.67. The minimum atomic E-state index is -0.0617. The van der Waals surface area contributed by atoms with Gasteiger partial charge in [0.15, 0.2) is 0 Å². The van der Waals surface area contributed by atoms with Crippen LogP contribution in [-0.4, -0.2) is 18.9 Å². The maximum absolute atomic E-state index is 12.1. The van der Waals surface area contributed by atoms with E-state index in [1.165, 1.54) is 45.6 Å². The van der Waals surface area contributed by atoms with Gasteiger partial charge in [0.25, 0.3) is 0 Å². The van der Waals surface area contributed by atoms with Gasteiger partial charge < -0.3 is 4.74 Å². The number of carbonyl (C=O) groups is 2. The van der Waals surface area contributed by atoms with E-state index in [9.17, 15) is 9.59 Å². The summed E-state index contributed by atoms with van der Waals surface area (Å²) in [6, 6.07) is 0. The summed E-state index contributed by atoms with van der Waals surface area (Å²) in [6.07, 6.45) is 12.4. The molecule has 0 N–H and O–H groups in total. The Morgan fingerprint density at radius 3 is 2.57 bits per heavy atom. The van der Waals surface area contributed by atoms with Crippen molar-refractivity contribution in [1.29, 1.82) is 0 Å². The standard InChI is InChI=1S/C25H40O3/c1-16(5-10-23(27)28-4)20-8-9-21-19-7-6-17-15-18(26)11-13-24(17,2)22(19)12-14-25(20,21)3/h16-17,19-22H,5-15H2,1-4H3/t16-,17+,19+,20+,21-,22-,24-,25+/m0/s1. The fourth-order valence-corrected chi connectivity index (χ4v) is 8.67. The van der Waals surface area contributed by atoms with E-state index in [1.807, 2.05) is 0 Å². The molecule has 0 saturated heterocycles. The minimum Gasteiger partial charge on any atom is -0.469 e. The maximum Gasteiger partial charge on any atom is 0.305 e. The van der Waals surface area contributed by atoms with Crippen LogP contribution in [0.5, 0.6) is 0 Å². The Balaban J connectivity index is 1.49. The molecule has 0 aliphatic heterocycles. The van der Waals surface area contributed by atoms with Gasteiger partial charge in [-0.3, -0.25) is 9.59 Å². The van der Waals surface area contributed by atoms with Crippen molar-refractivity contribution in [2.75, 3.05) is 7.11 Å². The summed E-state index contributed by atoms with van der Waals surface area (Å²) in [4.78, 5) is 23.7. The number of carbonyl (C=O) groups excluding carboxylic acids is 2. The molecule has 0 aromatic carbocycles. The third kappa shape index (κ3) is 3.16. The molecule has 3 nitrogen and oxygen atoms in total. The van der Waals surface area contributed by atoms with Crippen molar-refractivity contribution in [3.05, 3.63) is 0 Å². The number of methoxy groups -OCH3 is 1. The van der Waals surface area contributed by atoms with E-state index < -0.39 is 0 Å². The molecule has 4 aliphatic rings. The molecule has 0 aromatic heterocycles. The summed E-state index contributed by atoms with van der Waals surface area (Å²) in [5, 5.41) is 0. The number of hydrogen-bond acceptors (Lipinski definition) is 3. The molecule has 8 atom stereocenters. The first kappa shape index (κ1) is 20.4. The molecular formula is C25H40O3. The van der Waals surface area contributed by atoms with Gasteiger partial charge in [-0.15, -0.1) is 0 Å². The van der Waals surface area contributed by atoms with E-state index in [4.69, 9.17) is 4.74 Å². The van der Waals surface area contributed by atoms with E-state index in [-0.39, 0.29) is 5.97 Å². The van der Waals surface area contributed by atoms with Gasteiger partial charge in [0.2, 0.25) is 0 Å². The maximum atomic E-state index is 12.1. The predicted octanol–water partition coefficient (Wildman–Crippen LogP) is 5.80. The third-order valence-electron chi connectivity index (χ3n) is 10.3. The first-order valence-corrected chi connectivity index (χ1v) is 11.9. The van der Waals surface area contributed by atoms with E-state index in [0.717, 1.165) is 49.4 Å². The van der Waals surface area contributed by atoms with Crippen LogP contribution in [0.1, 0.15) is 91.4 Å². The van der Waals surface area contributed by atoms with Crippen molar-refractivity contribution in [3.63, 3.8) is 0 Å². The molecule has 28 heavy (non-hydrogen) atoms. The van der Waals surface area contributed by atoms with E-state index in [1.54, 1.807) is 0 Å². The lowest BCUT2D eigenvalue weighted by Gasteiger charge is -2.60. The highest BCUT2D eigenvalue weighted by Gasteiger charge is 2.60. The number of hydrogen-bond donors (Lipinski definition) is 0. The van der Waals surface area contributed by atoms with Crippen LogP contribution in [-0.2, 0) is 14.3 Å². The van der Waals surface area contributed by atoms with Gasteiger partial charge in [-0.05, 0) is 97.7 Å². The highest BCUT2D eigenvalue weighted by Crippen LogP contribution is 2.68. The molecule has 0 aromatic rings. The van der Waals surface area contributed by atoms with Gasteiger partial charge in [0.05, 0.1) is 7.11 Å². The molecule has 4 fully saturated rings. The molecule has 4 aliphatic carbocycles. The average Bonchev–Trinajstić information content (AvgIpc) is 3.03. The number of esters is 1. The number of rotatable bonds is 4. The zero-order valence-corrected chi connectivity index (χ0v) is 18.5. The van der Waals surface area contributed by atoms with Crippen LogP contribution < -0.4 is 0 Å². The first-order chi connectivity index (χ1) is 13.3.